The van der Waals surface area contributed by atoms with Gasteiger partial charge in [0, 0.05) is 19.1 Å². The van der Waals surface area contributed by atoms with E-state index in [0.29, 0.717) is 18.7 Å². The Kier molecular flexibility index (Phi) is 14.8. The molecule has 3 aromatic carbocycles. The fraction of sp³-hybridized carbons (Fsp3) is 0.548. The van der Waals surface area contributed by atoms with E-state index in [-0.39, 0.29) is 62.4 Å². The molecule has 1 aliphatic rings. The molecule has 6 nitrogen and oxygen atoms in total. The first-order valence-electron chi connectivity index (χ1n) is 17.5. The number of rotatable bonds is 7. The fourth-order valence-corrected chi connectivity index (χ4v) is 5.91. The summed E-state index contributed by atoms with van der Waals surface area (Å²) < 4.78 is 0. The van der Waals surface area contributed by atoms with Crippen LogP contribution in [0, 0.1) is 0 Å². The molecule has 0 amide bonds. The second-order valence-corrected chi connectivity index (χ2v) is 17.4. The summed E-state index contributed by atoms with van der Waals surface area (Å²) in [6.45, 7) is 27.8. The summed E-state index contributed by atoms with van der Waals surface area (Å²) in [7, 11) is 0. The molecule has 7 heteroatoms. The molecule has 0 spiro atoms. The molecule has 3 N–H and O–H groups in total. The Bertz CT molecular complexity index is 1420. The summed E-state index contributed by atoms with van der Waals surface area (Å²) in [6, 6.07) is 17.4. The summed E-state index contributed by atoms with van der Waals surface area (Å²) >= 11 is 0. The molecule has 2 atom stereocenters. The van der Waals surface area contributed by atoms with Crippen molar-refractivity contribution in [2.24, 2.45) is 0 Å². The summed E-state index contributed by atoms with van der Waals surface area (Å²) in [4.78, 5) is 9.88. The fourth-order valence-electron chi connectivity index (χ4n) is 5.91. The Morgan fingerprint density at radius 3 is 1.53 bits per heavy atom. The number of hydrogen-bond acceptors (Lipinski definition) is 6. The third-order valence-electron chi connectivity index (χ3n) is 9.10. The van der Waals surface area contributed by atoms with Crippen molar-refractivity contribution in [3.05, 3.63) is 93.5 Å². The minimum atomic E-state index is -0.218. The van der Waals surface area contributed by atoms with E-state index < -0.39 is 0 Å². The van der Waals surface area contributed by atoms with Crippen LogP contribution in [0.2, 0.25) is 0 Å². The van der Waals surface area contributed by atoms with Crippen molar-refractivity contribution in [1.29, 1.82) is 0 Å². The molecular weight excluding hydrogens is 649 g/mol. The maximum Gasteiger partial charge on any atom is 3.00 e. The molecule has 0 bridgehead atoms. The minimum absolute atomic E-state index is 0. The predicted molar refractivity (Wildman–Crippen MR) is 196 cm³/mol. The van der Waals surface area contributed by atoms with E-state index in [1.54, 1.807) is 30.6 Å². The molecule has 268 valence electrons. The summed E-state index contributed by atoms with van der Waals surface area (Å²) in [5.41, 5.74) is 5.88. The van der Waals surface area contributed by atoms with Gasteiger partial charge < -0.3 is 25.6 Å². The second kappa shape index (κ2) is 17.0. The van der Waals surface area contributed by atoms with Crippen molar-refractivity contribution in [3.63, 3.8) is 0 Å². The zero-order chi connectivity index (χ0) is 36.1. The van der Waals surface area contributed by atoms with Crippen LogP contribution in [0.25, 0.3) is 0 Å². The zero-order valence-corrected chi connectivity index (χ0v) is 33.2. The normalized spacial score (nSPS) is 17.1. The van der Waals surface area contributed by atoms with E-state index in [2.05, 4.69) is 123 Å². The van der Waals surface area contributed by atoms with Gasteiger partial charge in [-0.3, -0.25) is 5.32 Å². The van der Waals surface area contributed by atoms with E-state index in [4.69, 9.17) is 0 Å². The molecule has 4 rings (SSSR count). The van der Waals surface area contributed by atoms with Crippen molar-refractivity contribution in [2.45, 2.75) is 143 Å². The Labute approximate surface area is 307 Å². The van der Waals surface area contributed by atoms with Gasteiger partial charge in [0.2, 0.25) is 0 Å². The molecule has 49 heavy (non-hydrogen) atoms. The van der Waals surface area contributed by atoms with Crippen LogP contribution in [-0.2, 0) is 56.6 Å². The van der Waals surface area contributed by atoms with Crippen molar-refractivity contribution in [2.75, 3.05) is 6.54 Å². The molecule has 0 unspecified atom stereocenters. The van der Waals surface area contributed by atoms with Crippen LogP contribution in [0.4, 0.5) is 0 Å². The maximum atomic E-state index is 13.5. The second-order valence-electron chi connectivity index (χ2n) is 17.4. The molecule has 0 radical (unpaired) electrons. The van der Waals surface area contributed by atoms with Gasteiger partial charge in [-0.05, 0) is 74.4 Å². The van der Waals surface area contributed by atoms with Crippen LogP contribution in [0.5, 0.6) is 11.5 Å². The third-order valence-corrected chi connectivity index (χ3v) is 9.10. The van der Waals surface area contributed by atoms with Crippen molar-refractivity contribution >= 4 is 6.29 Å². The zero-order valence-electron chi connectivity index (χ0n) is 32.0. The Morgan fingerprint density at radius 1 is 0.694 bits per heavy atom. The standard InChI is InChI=1S/C35H57N3O2.C7H5O.Mn/c1-32(2,3)24-16-22(29(39)26(18-24)34(7,8)9)20-37-28-14-13-15-36-31(28)38-21-23-17-25(33(4,5)6)19-27(30(23)40)35(10,11)12;8-6-7-4-2-1-3-5-7;/h16-19,28,31,36-40H,13-15,20-21H2,1-12H3;1-5H;/q;-1;+3/p-2/t28-,31+;;/m0../s1. The predicted octanol–water partition coefficient (Wildman–Crippen LogP) is 7.12. The van der Waals surface area contributed by atoms with Gasteiger partial charge >= 0.3 is 17.1 Å². The Morgan fingerprint density at radius 2 is 1.14 bits per heavy atom. The third kappa shape index (κ3) is 12.0. The number of carbonyl (C=O) groups excluding carboxylic acids is 1. The SMILES string of the molecule is CC(C)(C)c1cc(CN[C@H]2NCCC[C@@H]2NCc2cc(C(C)(C)C)cc(C(C)(C)C)c2[O-])c([O-])c(C(C)(C)C)c1.O=[C-]c1ccccc1.[Mn+3]. The molecule has 1 fully saturated rings. The number of benzene rings is 3. The first kappa shape index (κ1) is 42.5. The smallest absolute Gasteiger partial charge is 0.872 e. The number of nitrogens with one attached hydrogen (secondary N) is 3. The van der Waals surface area contributed by atoms with Crippen molar-refractivity contribution in [1.82, 2.24) is 16.0 Å². The van der Waals surface area contributed by atoms with Gasteiger partial charge in [0.15, 0.2) is 0 Å². The molecule has 1 heterocycles. The van der Waals surface area contributed by atoms with Crippen LogP contribution >= 0.6 is 0 Å². The molecule has 0 saturated carbocycles. The van der Waals surface area contributed by atoms with E-state index in [1.807, 2.05) is 6.07 Å². The van der Waals surface area contributed by atoms with Gasteiger partial charge in [0.05, 0.1) is 12.5 Å². The number of piperidine rings is 1. The average Bonchev–Trinajstić information content (AvgIpc) is 2.99. The topological polar surface area (TPSA) is 99.3 Å². The van der Waals surface area contributed by atoms with Crippen molar-refractivity contribution in [3.8, 4) is 11.5 Å². The average molecular weight is 710 g/mol. The van der Waals surface area contributed by atoms with Gasteiger partial charge in [-0.2, -0.15) is 17.7 Å². The van der Waals surface area contributed by atoms with E-state index in [1.165, 1.54) is 11.1 Å². The van der Waals surface area contributed by atoms with Gasteiger partial charge in [-0.25, -0.2) is 0 Å². The molecule has 1 saturated heterocycles. The van der Waals surface area contributed by atoms with E-state index >= 15 is 0 Å². The first-order chi connectivity index (χ1) is 22.1. The van der Waals surface area contributed by atoms with Gasteiger partial charge in [-0.1, -0.05) is 113 Å². The molecular formula is C42H60MnN3O3. The van der Waals surface area contributed by atoms with Crippen LogP contribution in [0.1, 0.15) is 135 Å². The van der Waals surface area contributed by atoms with E-state index in [0.717, 1.165) is 41.6 Å². The molecule has 0 aliphatic carbocycles. The largest absolute Gasteiger partial charge is 3.00 e. The van der Waals surface area contributed by atoms with Crippen LogP contribution in [0.3, 0.4) is 0 Å². The first-order valence-corrected chi connectivity index (χ1v) is 17.5. The van der Waals surface area contributed by atoms with E-state index in [9.17, 15) is 15.0 Å². The Hall–Kier alpha value is -2.67. The summed E-state index contributed by atoms with van der Waals surface area (Å²) in [6.07, 6.45) is 3.85. The van der Waals surface area contributed by atoms with Crippen LogP contribution < -0.4 is 26.2 Å². The molecule has 0 aromatic heterocycles. The monoisotopic (exact) mass is 709 g/mol. The summed E-state index contributed by atoms with van der Waals surface area (Å²) in [5, 5.41) is 38.0. The van der Waals surface area contributed by atoms with Gasteiger partial charge in [0.1, 0.15) is 0 Å². The minimum Gasteiger partial charge on any atom is -0.872 e. The molecule has 1 aliphatic heterocycles. The van der Waals surface area contributed by atoms with Crippen molar-refractivity contribution < 1.29 is 32.1 Å². The molecule has 3 aromatic rings. The quantitative estimate of drug-likeness (QED) is 0.179. The van der Waals surface area contributed by atoms with Gasteiger partial charge in [0.25, 0.3) is 0 Å². The Balaban J connectivity index is 0.000000810. The van der Waals surface area contributed by atoms with Gasteiger partial charge in [-0.15, -0.1) is 23.6 Å². The van der Waals surface area contributed by atoms with Crippen LogP contribution in [0.15, 0.2) is 54.6 Å². The van der Waals surface area contributed by atoms with Crippen LogP contribution in [-0.4, -0.2) is 25.0 Å². The number of hydrogen-bond donors (Lipinski definition) is 3. The maximum absolute atomic E-state index is 13.5. The summed E-state index contributed by atoms with van der Waals surface area (Å²) in [5.74, 6) is 0.281.